The summed E-state index contributed by atoms with van der Waals surface area (Å²) in [5.74, 6) is 1.07. The number of likely N-dealkylation sites (tertiary alicyclic amines) is 1. The van der Waals surface area contributed by atoms with E-state index in [1.165, 1.54) is 0 Å². The van der Waals surface area contributed by atoms with Gasteiger partial charge in [-0.05, 0) is 6.26 Å². The SMILES string of the molecule is CSCN1CC(O)C1. The van der Waals surface area contributed by atoms with Crippen molar-refractivity contribution >= 4 is 11.8 Å². The van der Waals surface area contributed by atoms with Gasteiger partial charge in [0.05, 0.1) is 6.10 Å². The normalized spacial score (nSPS) is 23.2. The molecule has 1 aliphatic heterocycles. The minimum absolute atomic E-state index is 0.0397. The molecule has 1 aliphatic rings. The Bertz CT molecular complexity index is 70.1. The molecule has 0 unspecified atom stereocenters. The molecule has 0 aromatic rings. The van der Waals surface area contributed by atoms with Gasteiger partial charge in [-0.3, -0.25) is 4.90 Å². The van der Waals surface area contributed by atoms with Crippen molar-refractivity contribution < 1.29 is 5.11 Å². The minimum Gasteiger partial charge on any atom is -0.390 e. The average molecular weight is 133 g/mol. The number of thioether (sulfide) groups is 1. The van der Waals surface area contributed by atoms with E-state index in [1.54, 1.807) is 11.8 Å². The predicted octanol–water partition coefficient (Wildman–Crippen LogP) is -0.0166. The number of rotatable bonds is 2. The Balaban J connectivity index is 1.98. The summed E-state index contributed by atoms with van der Waals surface area (Å²) in [6.45, 7) is 1.75. The number of hydrogen-bond donors (Lipinski definition) is 1. The van der Waals surface area contributed by atoms with Gasteiger partial charge in [-0.2, -0.15) is 0 Å². The van der Waals surface area contributed by atoms with Crippen molar-refractivity contribution in [2.24, 2.45) is 0 Å². The van der Waals surface area contributed by atoms with Crippen LogP contribution in [0, 0.1) is 0 Å². The van der Waals surface area contributed by atoms with Gasteiger partial charge in [0.1, 0.15) is 0 Å². The maximum Gasteiger partial charge on any atom is 0.0794 e. The van der Waals surface area contributed by atoms with Gasteiger partial charge < -0.3 is 5.11 Å². The molecule has 2 nitrogen and oxygen atoms in total. The Morgan fingerprint density at radius 1 is 1.75 bits per heavy atom. The van der Waals surface area contributed by atoms with Gasteiger partial charge in [0.25, 0.3) is 0 Å². The molecule has 1 heterocycles. The fourth-order valence-corrected chi connectivity index (χ4v) is 1.41. The fraction of sp³-hybridized carbons (Fsp3) is 1.00. The molecule has 48 valence electrons. The van der Waals surface area contributed by atoms with Crippen molar-refractivity contribution in [3.05, 3.63) is 0 Å². The molecule has 0 aromatic carbocycles. The van der Waals surface area contributed by atoms with Gasteiger partial charge in [0.15, 0.2) is 0 Å². The van der Waals surface area contributed by atoms with E-state index in [0.717, 1.165) is 19.0 Å². The van der Waals surface area contributed by atoms with Crippen LogP contribution >= 0.6 is 11.8 Å². The zero-order chi connectivity index (χ0) is 5.98. The lowest BCUT2D eigenvalue weighted by Crippen LogP contribution is -2.50. The summed E-state index contributed by atoms with van der Waals surface area (Å²) in [7, 11) is 0. The highest BCUT2D eigenvalue weighted by atomic mass is 32.2. The first kappa shape index (κ1) is 6.39. The molecule has 0 atom stereocenters. The van der Waals surface area contributed by atoms with Crippen LogP contribution < -0.4 is 0 Å². The van der Waals surface area contributed by atoms with Crippen LogP contribution in [0.5, 0.6) is 0 Å². The largest absolute Gasteiger partial charge is 0.390 e. The van der Waals surface area contributed by atoms with E-state index in [9.17, 15) is 0 Å². The predicted molar refractivity (Wildman–Crippen MR) is 36.0 cm³/mol. The van der Waals surface area contributed by atoms with Crippen molar-refractivity contribution in [1.29, 1.82) is 0 Å². The van der Waals surface area contributed by atoms with Gasteiger partial charge in [-0.15, -0.1) is 11.8 Å². The van der Waals surface area contributed by atoms with Crippen LogP contribution in [0.2, 0.25) is 0 Å². The molecule has 0 radical (unpaired) electrons. The van der Waals surface area contributed by atoms with E-state index in [1.807, 2.05) is 0 Å². The molecule has 0 saturated carbocycles. The van der Waals surface area contributed by atoms with Gasteiger partial charge >= 0.3 is 0 Å². The second-order valence-corrected chi connectivity index (χ2v) is 2.94. The van der Waals surface area contributed by atoms with Crippen LogP contribution in [0.4, 0.5) is 0 Å². The third-order valence-electron chi connectivity index (χ3n) is 1.25. The lowest BCUT2D eigenvalue weighted by atomic mass is 10.2. The van der Waals surface area contributed by atoms with Crippen molar-refractivity contribution in [2.45, 2.75) is 6.10 Å². The highest BCUT2D eigenvalue weighted by Crippen LogP contribution is 2.09. The summed E-state index contributed by atoms with van der Waals surface area (Å²) in [5, 5.41) is 8.79. The summed E-state index contributed by atoms with van der Waals surface area (Å²) < 4.78 is 0. The first-order valence-electron chi connectivity index (χ1n) is 2.72. The third-order valence-corrected chi connectivity index (χ3v) is 1.87. The van der Waals surface area contributed by atoms with Crippen LogP contribution in [-0.4, -0.2) is 41.3 Å². The first-order valence-corrected chi connectivity index (χ1v) is 4.11. The quantitative estimate of drug-likeness (QED) is 0.573. The van der Waals surface area contributed by atoms with Crippen molar-refractivity contribution in [3.8, 4) is 0 Å². The molecule has 0 aliphatic carbocycles. The van der Waals surface area contributed by atoms with Crippen molar-refractivity contribution in [3.63, 3.8) is 0 Å². The van der Waals surface area contributed by atoms with Gasteiger partial charge in [0.2, 0.25) is 0 Å². The van der Waals surface area contributed by atoms with E-state index < -0.39 is 0 Å². The summed E-state index contributed by atoms with van der Waals surface area (Å²) >= 11 is 1.80. The lowest BCUT2D eigenvalue weighted by Gasteiger charge is -2.34. The van der Waals surface area contributed by atoms with Crippen LogP contribution in [0.25, 0.3) is 0 Å². The maximum atomic E-state index is 8.79. The van der Waals surface area contributed by atoms with Crippen LogP contribution in [0.1, 0.15) is 0 Å². The Morgan fingerprint density at radius 3 is 2.75 bits per heavy atom. The maximum absolute atomic E-state index is 8.79. The molecule has 1 saturated heterocycles. The summed E-state index contributed by atoms with van der Waals surface area (Å²) in [5.41, 5.74) is 0. The van der Waals surface area contributed by atoms with Crippen LogP contribution in [-0.2, 0) is 0 Å². The Morgan fingerprint density at radius 2 is 2.38 bits per heavy atom. The topological polar surface area (TPSA) is 23.5 Å². The van der Waals surface area contributed by atoms with E-state index in [-0.39, 0.29) is 6.10 Å². The number of aliphatic hydroxyl groups excluding tert-OH is 1. The third kappa shape index (κ3) is 1.37. The molecule has 1 N–H and O–H groups in total. The molecule has 1 rings (SSSR count). The zero-order valence-electron chi connectivity index (χ0n) is 5.00. The van der Waals surface area contributed by atoms with Gasteiger partial charge in [-0.1, -0.05) is 0 Å². The minimum atomic E-state index is -0.0397. The Labute approximate surface area is 53.9 Å². The smallest absolute Gasteiger partial charge is 0.0794 e. The fourth-order valence-electron chi connectivity index (χ4n) is 0.831. The highest BCUT2D eigenvalue weighted by Gasteiger charge is 2.22. The van der Waals surface area contributed by atoms with Crippen LogP contribution in [0.15, 0.2) is 0 Å². The summed E-state index contributed by atoms with van der Waals surface area (Å²) in [6, 6.07) is 0. The van der Waals surface area contributed by atoms with E-state index >= 15 is 0 Å². The van der Waals surface area contributed by atoms with E-state index in [4.69, 9.17) is 5.11 Å². The van der Waals surface area contributed by atoms with Crippen molar-refractivity contribution in [1.82, 2.24) is 4.90 Å². The Kier molecular flexibility index (Phi) is 2.16. The van der Waals surface area contributed by atoms with Crippen LogP contribution in [0.3, 0.4) is 0 Å². The molecule has 0 spiro atoms. The standard InChI is InChI=1S/C5H11NOS/c1-8-4-6-2-5(7)3-6/h5,7H,2-4H2,1H3. The van der Waals surface area contributed by atoms with Gasteiger partial charge in [-0.25, -0.2) is 0 Å². The second kappa shape index (κ2) is 2.71. The molecule has 0 bridgehead atoms. The molecular formula is C5H11NOS. The summed E-state index contributed by atoms with van der Waals surface area (Å²) in [6.07, 6.45) is 2.03. The number of β-amino-alcohol motifs (C(OH)–C–C–N with tert-alkyl or cyclic N) is 1. The molecule has 0 aromatic heterocycles. The Hall–Kier alpha value is 0.270. The second-order valence-electron chi connectivity index (χ2n) is 2.11. The monoisotopic (exact) mass is 133 g/mol. The summed E-state index contributed by atoms with van der Waals surface area (Å²) in [4.78, 5) is 2.22. The van der Waals surface area contributed by atoms with Crippen molar-refractivity contribution in [2.75, 3.05) is 25.2 Å². The molecule has 0 amide bonds. The average Bonchev–Trinajstić information content (AvgIpc) is 1.64. The first-order chi connectivity index (χ1) is 3.83. The number of hydrogen-bond acceptors (Lipinski definition) is 3. The highest BCUT2D eigenvalue weighted by molar-refractivity contribution is 7.98. The molecule has 8 heavy (non-hydrogen) atoms. The zero-order valence-corrected chi connectivity index (χ0v) is 5.82. The lowest BCUT2D eigenvalue weighted by molar-refractivity contribution is 0.0154. The number of aliphatic hydroxyl groups is 1. The number of nitrogens with zero attached hydrogens (tertiary/aromatic N) is 1. The van der Waals surface area contributed by atoms with Gasteiger partial charge in [0, 0.05) is 19.0 Å². The van der Waals surface area contributed by atoms with E-state index in [2.05, 4.69) is 11.2 Å². The van der Waals surface area contributed by atoms with E-state index in [0.29, 0.717) is 0 Å². The molecule has 1 fully saturated rings. The molecule has 3 heteroatoms. The molecular weight excluding hydrogens is 122 g/mol.